The lowest BCUT2D eigenvalue weighted by Gasteiger charge is -2.18. The molecule has 8 heteroatoms. The van der Waals surface area contributed by atoms with Crippen LogP contribution in [0.1, 0.15) is 46.7 Å². The van der Waals surface area contributed by atoms with Gasteiger partial charge in [0.2, 0.25) is 0 Å². The van der Waals surface area contributed by atoms with E-state index in [2.05, 4.69) is 10.2 Å². The van der Waals surface area contributed by atoms with Gasteiger partial charge in [0.05, 0.1) is 26.4 Å². The SMILES string of the molecule is COC[C@@H]1CN(C(=O)c2ccc(OC)cc2OC)C[C@H]1c1nc(C2CC2)n[nH]1. The van der Waals surface area contributed by atoms with Crippen LogP contribution in [0.25, 0.3) is 0 Å². The molecule has 1 aliphatic heterocycles. The summed E-state index contributed by atoms with van der Waals surface area (Å²) in [5.74, 6) is 3.57. The van der Waals surface area contributed by atoms with Crippen molar-refractivity contribution in [2.24, 2.45) is 5.92 Å². The predicted molar refractivity (Wildman–Crippen MR) is 102 cm³/mol. The Kier molecular flexibility index (Phi) is 5.21. The molecule has 8 nitrogen and oxygen atoms in total. The van der Waals surface area contributed by atoms with Crippen molar-refractivity contribution in [1.82, 2.24) is 20.1 Å². The van der Waals surface area contributed by atoms with Gasteiger partial charge in [-0.3, -0.25) is 9.89 Å². The van der Waals surface area contributed by atoms with Crippen molar-refractivity contribution in [3.8, 4) is 11.5 Å². The van der Waals surface area contributed by atoms with Crippen LogP contribution in [0.15, 0.2) is 18.2 Å². The minimum absolute atomic E-state index is 0.0648. The average Bonchev–Trinajstić information content (AvgIpc) is 3.30. The lowest BCUT2D eigenvalue weighted by molar-refractivity contribution is 0.0772. The number of benzene rings is 1. The van der Waals surface area contributed by atoms with Crippen molar-refractivity contribution in [3.05, 3.63) is 35.4 Å². The molecule has 0 bridgehead atoms. The van der Waals surface area contributed by atoms with Gasteiger partial charge in [0.1, 0.15) is 17.3 Å². The second-order valence-electron chi connectivity index (χ2n) is 7.45. The Labute approximate surface area is 164 Å². The third-order valence-corrected chi connectivity index (χ3v) is 5.56. The van der Waals surface area contributed by atoms with Crippen LogP contribution in [0.4, 0.5) is 0 Å². The predicted octanol–water partition coefficient (Wildman–Crippen LogP) is 2.20. The molecule has 4 rings (SSSR count). The molecule has 2 aliphatic rings. The minimum atomic E-state index is -0.0648. The number of aromatic amines is 1. The Morgan fingerprint density at radius 3 is 2.71 bits per heavy atom. The van der Waals surface area contributed by atoms with Crippen LogP contribution < -0.4 is 9.47 Å². The summed E-state index contributed by atoms with van der Waals surface area (Å²) in [6, 6.07) is 5.25. The highest BCUT2D eigenvalue weighted by molar-refractivity contribution is 5.97. The summed E-state index contributed by atoms with van der Waals surface area (Å²) < 4.78 is 16.0. The zero-order chi connectivity index (χ0) is 19.7. The Morgan fingerprint density at radius 1 is 1.21 bits per heavy atom. The number of rotatable bonds is 7. The maximum absolute atomic E-state index is 13.2. The quantitative estimate of drug-likeness (QED) is 0.785. The summed E-state index contributed by atoms with van der Waals surface area (Å²) in [5, 5.41) is 7.48. The number of nitrogens with zero attached hydrogens (tertiary/aromatic N) is 3. The molecule has 2 fully saturated rings. The molecule has 1 aliphatic carbocycles. The zero-order valence-electron chi connectivity index (χ0n) is 16.5. The van der Waals surface area contributed by atoms with E-state index in [4.69, 9.17) is 19.2 Å². The van der Waals surface area contributed by atoms with Crippen molar-refractivity contribution in [3.63, 3.8) is 0 Å². The van der Waals surface area contributed by atoms with Crippen LogP contribution >= 0.6 is 0 Å². The number of likely N-dealkylation sites (tertiary alicyclic amines) is 1. The molecule has 150 valence electrons. The van der Waals surface area contributed by atoms with E-state index >= 15 is 0 Å². The first kappa shape index (κ1) is 18.7. The van der Waals surface area contributed by atoms with Crippen LogP contribution in [0.5, 0.6) is 11.5 Å². The fourth-order valence-electron chi connectivity index (χ4n) is 3.85. The molecule has 2 aromatic rings. The number of aromatic nitrogens is 3. The van der Waals surface area contributed by atoms with E-state index in [1.165, 1.54) is 0 Å². The van der Waals surface area contributed by atoms with E-state index in [1.807, 2.05) is 4.90 Å². The second kappa shape index (κ2) is 7.79. The normalized spacial score (nSPS) is 21.8. The molecular weight excluding hydrogens is 360 g/mol. The van der Waals surface area contributed by atoms with E-state index in [-0.39, 0.29) is 17.7 Å². The lowest BCUT2D eigenvalue weighted by atomic mass is 9.96. The van der Waals surface area contributed by atoms with Crippen molar-refractivity contribution < 1.29 is 19.0 Å². The number of H-pyrrole nitrogens is 1. The highest BCUT2D eigenvalue weighted by Gasteiger charge is 2.39. The van der Waals surface area contributed by atoms with E-state index in [0.717, 1.165) is 24.5 Å². The average molecular weight is 386 g/mol. The highest BCUT2D eigenvalue weighted by Crippen LogP contribution is 2.39. The molecule has 1 amide bonds. The molecule has 1 N–H and O–H groups in total. The number of hydrogen-bond donors (Lipinski definition) is 1. The maximum atomic E-state index is 13.2. The number of nitrogens with one attached hydrogen (secondary N) is 1. The molecule has 1 saturated heterocycles. The Balaban J connectivity index is 1.55. The van der Waals surface area contributed by atoms with Gasteiger partial charge >= 0.3 is 0 Å². The standard InChI is InChI=1S/C20H26N4O4/c1-26-11-13-9-24(10-16(13)19-21-18(22-23-19)12-4-5-12)20(25)15-7-6-14(27-2)8-17(15)28-3/h6-8,12-13,16H,4-5,9-11H2,1-3H3,(H,21,22,23)/t13-,16+/m0/s1. The zero-order valence-corrected chi connectivity index (χ0v) is 16.5. The van der Waals surface area contributed by atoms with Crippen molar-refractivity contribution >= 4 is 5.91 Å². The number of amides is 1. The highest BCUT2D eigenvalue weighted by atomic mass is 16.5. The second-order valence-corrected chi connectivity index (χ2v) is 7.45. The number of ether oxygens (including phenoxy) is 3. The monoisotopic (exact) mass is 386 g/mol. The summed E-state index contributed by atoms with van der Waals surface area (Å²) in [6.07, 6.45) is 2.32. The summed E-state index contributed by atoms with van der Waals surface area (Å²) >= 11 is 0. The van der Waals surface area contributed by atoms with Crippen LogP contribution in [0.2, 0.25) is 0 Å². The topological polar surface area (TPSA) is 89.6 Å². The third-order valence-electron chi connectivity index (χ3n) is 5.56. The van der Waals surface area contributed by atoms with Crippen LogP contribution in [-0.2, 0) is 4.74 Å². The third kappa shape index (κ3) is 3.56. The Morgan fingerprint density at radius 2 is 2.04 bits per heavy atom. The Hall–Kier alpha value is -2.61. The number of carbonyl (C=O) groups excluding carboxylic acids is 1. The van der Waals surface area contributed by atoms with Gasteiger partial charge in [-0.1, -0.05) is 0 Å². The van der Waals surface area contributed by atoms with Crippen molar-refractivity contribution in [1.29, 1.82) is 0 Å². The molecule has 1 aromatic carbocycles. The van der Waals surface area contributed by atoms with E-state index in [0.29, 0.717) is 42.7 Å². The van der Waals surface area contributed by atoms with Gasteiger partial charge in [-0.2, -0.15) is 5.10 Å². The number of methoxy groups -OCH3 is 3. The molecule has 28 heavy (non-hydrogen) atoms. The van der Waals surface area contributed by atoms with Crippen molar-refractivity contribution in [2.45, 2.75) is 24.7 Å². The fourth-order valence-corrected chi connectivity index (χ4v) is 3.85. The molecule has 1 aromatic heterocycles. The van der Waals surface area contributed by atoms with Crippen LogP contribution in [-0.4, -0.2) is 67.0 Å². The summed E-state index contributed by atoms with van der Waals surface area (Å²) in [4.78, 5) is 19.7. The lowest BCUT2D eigenvalue weighted by Crippen LogP contribution is -2.29. The first-order chi connectivity index (χ1) is 13.6. The minimum Gasteiger partial charge on any atom is -0.497 e. The molecular formula is C20H26N4O4. The van der Waals surface area contributed by atoms with Gasteiger partial charge in [-0.15, -0.1) is 0 Å². The summed E-state index contributed by atoms with van der Waals surface area (Å²) in [6.45, 7) is 1.74. The van der Waals surface area contributed by atoms with Crippen LogP contribution in [0.3, 0.4) is 0 Å². The Bertz CT molecular complexity index is 848. The largest absolute Gasteiger partial charge is 0.497 e. The van der Waals surface area contributed by atoms with Crippen molar-refractivity contribution in [2.75, 3.05) is 41.0 Å². The van der Waals surface area contributed by atoms with Gasteiger partial charge in [0, 0.05) is 44.0 Å². The molecule has 2 atom stereocenters. The maximum Gasteiger partial charge on any atom is 0.257 e. The summed E-state index contributed by atoms with van der Waals surface area (Å²) in [5.41, 5.74) is 0.524. The molecule has 2 heterocycles. The first-order valence-electron chi connectivity index (χ1n) is 9.57. The first-order valence-corrected chi connectivity index (χ1v) is 9.57. The van der Waals surface area contributed by atoms with Gasteiger partial charge in [0.15, 0.2) is 5.82 Å². The van der Waals surface area contributed by atoms with Crippen LogP contribution in [0, 0.1) is 5.92 Å². The van der Waals surface area contributed by atoms with Gasteiger partial charge in [-0.25, -0.2) is 4.98 Å². The van der Waals surface area contributed by atoms with Gasteiger partial charge in [0.25, 0.3) is 5.91 Å². The summed E-state index contributed by atoms with van der Waals surface area (Å²) in [7, 11) is 4.83. The molecule has 0 unspecified atom stereocenters. The fraction of sp³-hybridized carbons (Fsp3) is 0.550. The van der Waals surface area contributed by atoms with E-state index in [1.54, 1.807) is 39.5 Å². The van der Waals surface area contributed by atoms with Gasteiger partial charge < -0.3 is 19.1 Å². The molecule has 1 saturated carbocycles. The molecule has 0 radical (unpaired) electrons. The van der Waals surface area contributed by atoms with E-state index in [9.17, 15) is 4.79 Å². The number of carbonyl (C=O) groups is 1. The molecule has 0 spiro atoms. The number of hydrogen-bond acceptors (Lipinski definition) is 6. The van der Waals surface area contributed by atoms with Gasteiger partial charge in [-0.05, 0) is 25.0 Å². The smallest absolute Gasteiger partial charge is 0.257 e. The van der Waals surface area contributed by atoms with E-state index < -0.39 is 0 Å².